The fraction of sp³-hybridized carbons (Fsp3) is 0.0769. The Balaban J connectivity index is 2.34. The van der Waals surface area contributed by atoms with Gasteiger partial charge < -0.3 is 10.5 Å². The third-order valence-electron chi connectivity index (χ3n) is 2.48. The van der Waals surface area contributed by atoms with E-state index < -0.39 is 5.97 Å². The van der Waals surface area contributed by atoms with Crippen molar-refractivity contribution in [3.05, 3.63) is 47.1 Å². The number of halogens is 1. The number of esters is 1. The molecule has 0 atom stereocenters. The van der Waals surface area contributed by atoms with E-state index in [1.165, 1.54) is 13.3 Å². The lowest BCUT2D eigenvalue weighted by molar-refractivity contribution is 0.0600. The molecule has 4 nitrogen and oxygen atoms in total. The number of nitrogen functional groups attached to an aromatic ring is 1. The number of carbonyl (C=O) groups is 1. The van der Waals surface area contributed by atoms with Crippen molar-refractivity contribution in [3.8, 4) is 11.3 Å². The Kier molecular flexibility index (Phi) is 3.48. The number of hydrogen-bond acceptors (Lipinski definition) is 4. The third kappa shape index (κ3) is 2.43. The predicted molar refractivity (Wildman–Crippen MR) is 70.4 cm³/mol. The fourth-order valence-electron chi connectivity index (χ4n) is 1.49. The molecular weight excluding hydrogens is 252 g/mol. The van der Waals surface area contributed by atoms with Crippen LogP contribution >= 0.6 is 11.6 Å². The molecular formula is C13H11ClN2O2. The summed E-state index contributed by atoms with van der Waals surface area (Å²) in [7, 11) is 1.33. The van der Waals surface area contributed by atoms with Crippen molar-refractivity contribution in [2.24, 2.45) is 0 Å². The SMILES string of the molecule is COC(=O)c1ccc(-c2ccc(N)c(Cl)c2)nc1. The molecule has 92 valence electrons. The molecule has 0 spiro atoms. The summed E-state index contributed by atoms with van der Waals surface area (Å²) in [5.41, 5.74) is 8.11. The van der Waals surface area contributed by atoms with Crippen LogP contribution in [0.3, 0.4) is 0 Å². The van der Waals surface area contributed by atoms with E-state index in [2.05, 4.69) is 9.72 Å². The molecule has 1 aromatic carbocycles. The third-order valence-corrected chi connectivity index (χ3v) is 2.81. The van der Waals surface area contributed by atoms with Crippen molar-refractivity contribution >= 4 is 23.3 Å². The van der Waals surface area contributed by atoms with E-state index in [9.17, 15) is 4.79 Å². The predicted octanol–water partition coefficient (Wildman–Crippen LogP) is 2.77. The lowest BCUT2D eigenvalue weighted by Gasteiger charge is -2.04. The van der Waals surface area contributed by atoms with Crippen LogP contribution in [0.1, 0.15) is 10.4 Å². The first kappa shape index (κ1) is 12.4. The normalized spacial score (nSPS) is 10.1. The average Bonchev–Trinajstić information content (AvgIpc) is 2.41. The first-order valence-corrected chi connectivity index (χ1v) is 5.59. The first-order valence-electron chi connectivity index (χ1n) is 5.21. The first-order chi connectivity index (χ1) is 8.61. The number of rotatable bonds is 2. The lowest BCUT2D eigenvalue weighted by Crippen LogP contribution is -2.01. The highest BCUT2D eigenvalue weighted by Crippen LogP contribution is 2.25. The summed E-state index contributed by atoms with van der Waals surface area (Å²) in [4.78, 5) is 15.4. The number of aromatic nitrogens is 1. The molecule has 0 bridgehead atoms. The second-order valence-electron chi connectivity index (χ2n) is 3.66. The Labute approximate surface area is 109 Å². The molecule has 2 N–H and O–H groups in total. The number of anilines is 1. The number of ether oxygens (including phenoxy) is 1. The number of benzene rings is 1. The largest absolute Gasteiger partial charge is 0.465 e. The van der Waals surface area contributed by atoms with Crippen LogP contribution in [0.2, 0.25) is 5.02 Å². The second-order valence-corrected chi connectivity index (χ2v) is 4.07. The topological polar surface area (TPSA) is 65.2 Å². The summed E-state index contributed by atoms with van der Waals surface area (Å²) < 4.78 is 4.60. The summed E-state index contributed by atoms with van der Waals surface area (Å²) in [5.74, 6) is -0.413. The lowest BCUT2D eigenvalue weighted by atomic mass is 10.1. The summed E-state index contributed by atoms with van der Waals surface area (Å²) in [5, 5.41) is 0.478. The minimum absolute atomic E-state index is 0.405. The maximum absolute atomic E-state index is 11.3. The highest BCUT2D eigenvalue weighted by Gasteiger charge is 2.07. The van der Waals surface area contributed by atoms with Gasteiger partial charge >= 0.3 is 5.97 Å². The second kappa shape index (κ2) is 5.06. The van der Waals surface area contributed by atoms with Crippen molar-refractivity contribution in [1.29, 1.82) is 0 Å². The zero-order chi connectivity index (χ0) is 13.1. The quantitative estimate of drug-likeness (QED) is 0.668. The molecule has 0 aliphatic heterocycles. The molecule has 0 saturated heterocycles. The van der Waals surface area contributed by atoms with Gasteiger partial charge in [-0.25, -0.2) is 4.79 Å². The van der Waals surface area contributed by atoms with Gasteiger partial charge in [-0.05, 0) is 24.3 Å². The summed E-state index contributed by atoms with van der Waals surface area (Å²) in [6.45, 7) is 0. The Morgan fingerprint density at radius 2 is 2.11 bits per heavy atom. The van der Waals surface area contributed by atoms with Crippen molar-refractivity contribution in [2.75, 3.05) is 12.8 Å². The Morgan fingerprint density at radius 3 is 2.67 bits per heavy atom. The van der Waals surface area contributed by atoms with Gasteiger partial charge in [-0.2, -0.15) is 0 Å². The van der Waals surface area contributed by atoms with E-state index in [-0.39, 0.29) is 0 Å². The van der Waals surface area contributed by atoms with Gasteiger partial charge in [-0.1, -0.05) is 17.7 Å². The van der Waals surface area contributed by atoms with Crippen LogP contribution in [-0.4, -0.2) is 18.1 Å². The molecule has 0 aliphatic carbocycles. The highest BCUT2D eigenvalue weighted by atomic mass is 35.5. The van der Waals surface area contributed by atoms with Gasteiger partial charge in [0.2, 0.25) is 0 Å². The maximum atomic E-state index is 11.3. The number of hydrogen-bond donors (Lipinski definition) is 1. The summed E-state index contributed by atoms with van der Waals surface area (Å²) >= 11 is 5.94. The van der Waals surface area contributed by atoms with Crippen LogP contribution < -0.4 is 5.73 Å². The van der Waals surface area contributed by atoms with Crippen molar-refractivity contribution in [2.45, 2.75) is 0 Å². The van der Waals surface area contributed by atoms with Gasteiger partial charge in [0, 0.05) is 11.8 Å². The summed E-state index contributed by atoms with van der Waals surface area (Å²) in [6.07, 6.45) is 1.46. The molecule has 18 heavy (non-hydrogen) atoms. The number of nitrogens with zero attached hydrogens (tertiary/aromatic N) is 1. The minimum atomic E-state index is -0.413. The number of carbonyl (C=O) groups excluding carboxylic acids is 1. The molecule has 0 aliphatic rings. The molecule has 0 fully saturated rings. The van der Waals surface area contributed by atoms with Crippen LogP contribution in [0.4, 0.5) is 5.69 Å². The van der Waals surface area contributed by atoms with E-state index in [1.54, 1.807) is 24.3 Å². The highest BCUT2D eigenvalue weighted by molar-refractivity contribution is 6.33. The van der Waals surface area contributed by atoms with Gasteiger partial charge in [-0.3, -0.25) is 4.98 Å². The summed E-state index contributed by atoms with van der Waals surface area (Å²) in [6, 6.07) is 8.65. The van der Waals surface area contributed by atoms with E-state index in [1.807, 2.05) is 6.07 Å². The van der Waals surface area contributed by atoms with E-state index in [0.717, 1.165) is 5.56 Å². The van der Waals surface area contributed by atoms with Crippen LogP contribution in [0.15, 0.2) is 36.5 Å². The standard InChI is InChI=1S/C13H11ClN2O2/c1-18-13(17)9-3-5-12(16-7-9)8-2-4-11(15)10(14)6-8/h2-7H,15H2,1H3. The fourth-order valence-corrected chi connectivity index (χ4v) is 1.67. The Bertz CT molecular complexity index is 582. The molecule has 0 unspecified atom stereocenters. The van der Waals surface area contributed by atoms with Crippen LogP contribution in [0.25, 0.3) is 11.3 Å². The monoisotopic (exact) mass is 262 g/mol. The molecule has 2 aromatic rings. The minimum Gasteiger partial charge on any atom is -0.465 e. The number of methoxy groups -OCH3 is 1. The smallest absolute Gasteiger partial charge is 0.339 e. The zero-order valence-corrected chi connectivity index (χ0v) is 10.4. The molecule has 0 amide bonds. The molecule has 2 rings (SSSR count). The Hall–Kier alpha value is -2.07. The van der Waals surface area contributed by atoms with Crippen molar-refractivity contribution in [3.63, 3.8) is 0 Å². The number of pyridine rings is 1. The van der Waals surface area contributed by atoms with Gasteiger partial charge in [0.05, 0.1) is 29.1 Å². The van der Waals surface area contributed by atoms with Crippen molar-refractivity contribution in [1.82, 2.24) is 4.98 Å². The van der Waals surface area contributed by atoms with E-state index in [4.69, 9.17) is 17.3 Å². The van der Waals surface area contributed by atoms with E-state index >= 15 is 0 Å². The molecule has 5 heteroatoms. The van der Waals surface area contributed by atoms with Gasteiger partial charge in [0.1, 0.15) is 0 Å². The average molecular weight is 263 g/mol. The molecule has 0 radical (unpaired) electrons. The van der Waals surface area contributed by atoms with Crippen molar-refractivity contribution < 1.29 is 9.53 Å². The van der Waals surface area contributed by atoms with Crippen LogP contribution in [0.5, 0.6) is 0 Å². The van der Waals surface area contributed by atoms with Gasteiger partial charge in [0.25, 0.3) is 0 Å². The van der Waals surface area contributed by atoms with E-state index in [0.29, 0.717) is 22.0 Å². The zero-order valence-electron chi connectivity index (χ0n) is 9.68. The van der Waals surface area contributed by atoms with Crippen LogP contribution in [0, 0.1) is 0 Å². The van der Waals surface area contributed by atoms with Crippen LogP contribution in [-0.2, 0) is 4.74 Å². The Morgan fingerprint density at radius 1 is 1.33 bits per heavy atom. The van der Waals surface area contributed by atoms with Gasteiger partial charge in [0.15, 0.2) is 0 Å². The van der Waals surface area contributed by atoms with Gasteiger partial charge in [-0.15, -0.1) is 0 Å². The maximum Gasteiger partial charge on any atom is 0.339 e. The molecule has 1 aromatic heterocycles. The number of nitrogens with two attached hydrogens (primary N) is 1. The molecule has 0 saturated carbocycles. The molecule has 1 heterocycles.